The molecule has 1 aromatic heterocycles. The second-order valence-corrected chi connectivity index (χ2v) is 4.54. The van der Waals surface area contributed by atoms with Crippen molar-refractivity contribution in [3.05, 3.63) is 21.9 Å². The molecule has 0 fully saturated rings. The van der Waals surface area contributed by atoms with Gasteiger partial charge in [-0.25, -0.2) is 0 Å². The fourth-order valence-corrected chi connectivity index (χ4v) is 2.29. The van der Waals surface area contributed by atoms with Crippen LogP contribution in [0.3, 0.4) is 0 Å². The Morgan fingerprint density at radius 3 is 2.67 bits per heavy atom. The number of thiophene rings is 1. The van der Waals surface area contributed by atoms with E-state index < -0.39 is 6.04 Å². The molecule has 0 aliphatic carbocycles. The lowest BCUT2D eigenvalue weighted by Crippen LogP contribution is -2.34. The van der Waals surface area contributed by atoms with Gasteiger partial charge in [-0.1, -0.05) is 6.92 Å². The summed E-state index contributed by atoms with van der Waals surface area (Å²) in [6, 6.07) is 3.58. The van der Waals surface area contributed by atoms with Crippen molar-refractivity contribution in [1.82, 2.24) is 0 Å². The average Bonchev–Trinajstić information content (AvgIpc) is 2.66. The summed E-state index contributed by atoms with van der Waals surface area (Å²) >= 11 is 1.71. The second-order valence-electron chi connectivity index (χ2n) is 3.28. The van der Waals surface area contributed by atoms with Crippen LogP contribution in [0, 0.1) is 0 Å². The van der Waals surface area contributed by atoms with Crippen LogP contribution in [0.15, 0.2) is 12.1 Å². The highest BCUT2D eigenvalue weighted by molar-refractivity contribution is 7.12. The first kappa shape index (κ1) is 12.2. The molecule has 84 valence electrons. The molecule has 0 amide bonds. The Bertz CT molecular complexity index is 322. The van der Waals surface area contributed by atoms with Crippen molar-refractivity contribution in [2.75, 3.05) is 6.61 Å². The number of hydrogen-bond acceptors (Lipinski definition) is 4. The van der Waals surface area contributed by atoms with Crippen molar-refractivity contribution in [3.63, 3.8) is 0 Å². The molecule has 1 heterocycles. The van der Waals surface area contributed by atoms with Gasteiger partial charge >= 0.3 is 5.97 Å². The summed E-state index contributed by atoms with van der Waals surface area (Å²) in [5.41, 5.74) is 5.72. The van der Waals surface area contributed by atoms with Gasteiger partial charge in [0.05, 0.1) is 6.61 Å². The van der Waals surface area contributed by atoms with Gasteiger partial charge in [0.25, 0.3) is 0 Å². The minimum atomic E-state index is -0.534. The number of carbonyl (C=O) groups is 1. The summed E-state index contributed by atoms with van der Waals surface area (Å²) in [5.74, 6) is -0.316. The van der Waals surface area contributed by atoms with E-state index >= 15 is 0 Å². The summed E-state index contributed by atoms with van der Waals surface area (Å²) in [6.45, 7) is 4.28. The first-order valence-corrected chi connectivity index (χ1v) is 5.98. The van der Waals surface area contributed by atoms with Crippen LogP contribution in [-0.2, 0) is 22.4 Å². The third-order valence-corrected chi connectivity index (χ3v) is 3.33. The molecule has 4 heteroatoms. The molecular formula is C11H17NO2S. The molecule has 1 aromatic rings. The Balaban J connectivity index is 2.50. The van der Waals surface area contributed by atoms with Crippen LogP contribution in [0.5, 0.6) is 0 Å². The Kier molecular flexibility index (Phi) is 4.78. The van der Waals surface area contributed by atoms with E-state index in [4.69, 9.17) is 10.5 Å². The van der Waals surface area contributed by atoms with Crippen LogP contribution in [0.4, 0.5) is 0 Å². The molecule has 3 nitrogen and oxygen atoms in total. The molecule has 0 radical (unpaired) electrons. The quantitative estimate of drug-likeness (QED) is 0.780. The van der Waals surface area contributed by atoms with E-state index in [0.717, 1.165) is 11.3 Å². The van der Waals surface area contributed by atoms with E-state index in [2.05, 4.69) is 13.0 Å². The van der Waals surface area contributed by atoms with Gasteiger partial charge in [0, 0.05) is 16.2 Å². The predicted octanol–water partition coefficient (Wildman–Crippen LogP) is 1.74. The minimum absolute atomic E-state index is 0.316. The van der Waals surface area contributed by atoms with E-state index in [9.17, 15) is 4.79 Å². The van der Waals surface area contributed by atoms with E-state index in [-0.39, 0.29) is 5.97 Å². The van der Waals surface area contributed by atoms with Crippen molar-refractivity contribution in [3.8, 4) is 0 Å². The smallest absolute Gasteiger partial charge is 0.323 e. The van der Waals surface area contributed by atoms with E-state index in [1.807, 2.05) is 6.07 Å². The van der Waals surface area contributed by atoms with Crippen molar-refractivity contribution in [2.24, 2.45) is 5.73 Å². The average molecular weight is 227 g/mol. The lowest BCUT2D eigenvalue weighted by atomic mass is 10.2. The summed E-state index contributed by atoms with van der Waals surface area (Å²) in [4.78, 5) is 13.7. The number of aryl methyl sites for hydroxylation is 1. The zero-order valence-corrected chi connectivity index (χ0v) is 9.97. The predicted molar refractivity (Wildman–Crippen MR) is 62.0 cm³/mol. The maximum atomic E-state index is 11.3. The summed E-state index contributed by atoms with van der Waals surface area (Å²) in [7, 11) is 0. The highest BCUT2D eigenvalue weighted by Gasteiger charge is 2.15. The molecule has 0 aliphatic heterocycles. The fraction of sp³-hybridized carbons (Fsp3) is 0.545. The Hall–Kier alpha value is -0.870. The van der Waals surface area contributed by atoms with Crippen molar-refractivity contribution >= 4 is 17.3 Å². The maximum Gasteiger partial charge on any atom is 0.323 e. The highest BCUT2D eigenvalue weighted by Crippen LogP contribution is 2.18. The van der Waals surface area contributed by atoms with Gasteiger partial charge in [-0.15, -0.1) is 11.3 Å². The molecule has 1 atom stereocenters. The van der Waals surface area contributed by atoms with Gasteiger partial charge in [-0.3, -0.25) is 4.79 Å². The zero-order chi connectivity index (χ0) is 11.3. The first-order valence-electron chi connectivity index (χ1n) is 5.17. The first-order chi connectivity index (χ1) is 7.17. The third kappa shape index (κ3) is 3.64. The Labute approximate surface area is 94.2 Å². The van der Waals surface area contributed by atoms with Crippen LogP contribution < -0.4 is 5.73 Å². The number of nitrogens with two attached hydrogens (primary N) is 1. The molecule has 0 unspecified atom stereocenters. The van der Waals surface area contributed by atoms with E-state index in [0.29, 0.717) is 13.0 Å². The van der Waals surface area contributed by atoms with Gasteiger partial charge in [0.1, 0.15) is 6.04 Å². The number of esters is 1. The largest absolute Gasteiger partial charge is 0.465 e. The van der Waals surface area contributed by atoms with Gasteiger partial charge in [-0.2, -0.15) is 0 Å². The van der Waals surface area contributed by atoms with Gasteiger partial charge in [0.2, 0.25) is 0 Å². The molecule has 2 N–H and O–H groups in total. The normalized spacial score (nSPS) is 12.5. The summed E-state index contributed by atoms with van der Waals surface area (Å²) in [5, 5.41) is 0. The molecule has 0 saturated carbocycles. The van der Waals surface area contributed by atoms with Crippen LogP contribution in [0.1, 0.15) is 23.6 Å². The lowest BCUT2D eigenvalue weighted by molar-refractivity contribution is -0.144. The third-order valence-electron chi connectivity index (χ3n) is 2.08. The fourth-order valence-electron chi connectivity index (χ4n) is 1.27. The summed E-state index contributed by atoms with van der Waals surface area (Å²) < 4.78 is 4.85. The standard InChI is InChI=1S/C11H17NO2S/c1-3-8-5-6-9(15-8)7-10(12)11(13)14-4-2/h5-6,10H,3-4,7,12H2,1-2H3/t10-/m0/s1. The minimum Gasteiger partial charge on any atom is -0.465 e. The maximum absolute atomic E-state index is 11.3. The lowest BCUT2D eigenvalue weighted by Gasteiger charge is -2.08. The number of rotatable bonds is 5. The Morgan fingerprint density at radius 1 is 1.47 bits per heavy atom. The topological polar surface area (TPSA) is 52.3 Å². The van der Waals surface area contributed by atoms with E-state index in [1.54, 1.807) is 18.3 Å². The monoisotopic (exact) mass is 227 g/mol. The van der Waals surface area contributed by atoms with Gasteiger partial charge in [-0.05, 0) is 25.5 Å². The van der Waals surface area contributed by atoms with E-state index in [1.165, 1.54) is 4.88 Å². The van der Waals surface area contributed by atoms with Crippen LogP contribution in [0.2, 0.25) is 0 Å². The van der Waals surface area contributed by atoms with Crippen molar-refractivity contribution < 1.29 is 9.53 Å². The molecule has 0 bridgehead atoms. The Morgan fingerprint density at radius 2 is 2.13 bits per heavy atom. The molecule has 1 rings (SSSR count). The summed E-state index contributed by atoms with van der Waals surface area (Å²) in [6.07, 6.45) is 1.60. The molecular weight excluding hydrogens is 210 g/mol. The molecule has 0 spiro atoms. The zero-order valence-electron chi connectivity index (χ0n) is 9.16. The molecule has 0 aliphatic rings. The molecule has 0 saturated heterocycles. The van der Waals surface area contributed by atoms with Crippen molar-refractivity contribution in [2.45, 2.75) is 32.7 Å². The highest BCUT2D eigenvalue weighted by atomic mass is 32.1. The van der Waals surface area contributed by atoms with Crippen molar-refractivity contribution in [1.29, 1.82) is 0 Å². The SMILES string of the molecule is CCOC(=O)[C@@H](N)Cc1ccc(CC)s1. The molecule has 0 aromatic carbocycles. The van der Waals surface area contributed by atoms with Crippen LogP contribution >= 0.6 is 11.3 Å². The number of ether oxygens (including phenoxy) is 1. The molecule has 15 heavy (non-hydrogen) atoms. The van der Waals surface area contributed by atoms with Gasteiger partial charge in [0.15, 0.2) is 0 Å². The van der Waals surface area contributed by atoms with Crippen LogP contribution in [-0.4, -0.2) is 18.6 Å². The number of hydrogen-bond donors (Lipinski definition) is 1. The van der Waals surface area contributed by atoms with Crippen LogP contribution in [0.25, 0.3) is 0 Å². The second kappa shape index (κ2) is 5.88. The number of carbonyl (C=O) groups excluding carboxylic acids is 1. The van der Waals surface area contributed by atoms with Gasteiger partial charge < -0.3 is 10.5 Å².